The molecule has 1 rings (SSSR count). The van der Waals surface area contributed by atoms with E-state index in [-0.39, 0.29) is 0 Å². The highest BCUT2D eigenvalue weighted by Gasteiger charge is 2.80. The molecule has 0 bridgehead atoms. The predicted molar refractivity (Wildman–Crippen MR) is 110 cm³/mol. The van der Waals surface area contributed by atoms with Gasteiger partial charge in [-0.3, -0.25) is 0 Å². The van der Waals surface area contributed by atoms with Crippen molar-refractivity contribution in [1.82, 2.24) is 0 Å². The van der Waals surface area contributed by atoms with Gasteiger partial charge in [0.2, 0.25) is 0 Å². The zero-order valence-corrected chi connectivity index (χ0v) is 19.6. The van der Waals surface area contributed by atoms with Gasteiger partial charge in [-0.1, -0.05) is 96.9 Å². The molecular formula is C24H48. The van der Waals surface area contributed by atoms with Gasteiger partial charge >= 0.3 is 0 Å². The molecule has 0 amide bonds. The summed E-state index contributed by atoms with van der Waals surface area (Å²) in [5, 5.41) is 0. The molecule has 0 spiro atoms. The van der Waals surface area contributed by atoms with Gasteiger partial charge in [0, 0.05) is 0 Å². The maximum atomic E-state index is 2.62. The Balaban J connectivity index is 3.50. The highest BCUT2D eigenvalue weighted by Crippen LogP contribution is 2.86. The third kappa shape index (κ3) is 2.23. The van der Waals surface area contributed by atoms with Gasteiger partial charge < -0.3 is 0 Å². The highest BCUT2D eigenvalue weighted by atomic mass is 14.8. The van der Waals surface area contributed by atoms with Crippen LogP contribution in [0.5, 0.6) is 0 Å². The van der Waals surface area contributed by atoms with Crippen molar-refractivity contribution in [3.63, 3.8) is 0 Å². The fourth-order valence-corrected chi connectivity index (χ4v) is 7.55. The minimum absolute atomic E-state index is 0.309. The van der Waals surface area contributed by atoms with Crippen LogP contribution in [0.25, 0.3) is 0 Å². The lowest BCUT2D eigenvalue weighted by atomic mass is 9.20. The maximum absolute atomic E-state index is 2.62. The van der Waals surface area contributed by atoms with E-state index in [1.807, 2.05) is 0 Å². The monoisotopic (exact) mass is 336 g/mol. The second-order valence-electron chi connectivity index (χ2n) is 12.0. The van der Waals surface area contributed by atoms with Gasteiger partial charge in [0.05, 0.1) is 0 Å². The van der Waals surface area contributed by atoms with Crippen molar-refractivity contribution in [2.24, 2.45) is 44.3 Å². The summed E-state index contributed by atoms with van der Waals surface area (Å²) >= 11 is 0. The van der Waals surface area contributed by atoms with E-state index in [4.69, 9.17) is 0 Å². The summed E-state index contributed by atoms with van der Waals surface area (Å²) in [5.41, 5.74) is 2.09. The molecule has 0 N–H and O–H groups in total. The highest BCUT2D eigenvalue weighted by molar-refractivity contribution is 5.27. The molecule has 0 aliphatic heterocycles. The van der Waals surface area contributed by atoms with Crippen LogP contribution in [0.4, 0.5) is 0 Å². The van der Waals surface area contributed by atoms with Crippen molar-refractivity contribution in [3.05, 3.63) is 0 Å². The standard InChI is InChI=1S/C24H48/c1-15-22(12)23(13,18(4)5)21(10,11)24(22,14)20(8,9)16-19(6,7)17(2)3/h17-18H,15-16H2,1-14H3. The smallest absolute Gasteiger partial charge is 0.0158 e. The van der Waals surface area contributed by atoms with Gasteiger partial charge in [-0.05, 0) is 57.2 Å². The summed E-state index contributed by atoms with van der Waals surface area (Å²) < 4.78 is 0. The summed E-state index contributed by atoms with van der Waals surface area (Å²) in [6, 6.07) is 0. The molecule has 1 saturated carbocycles. The molecule has 0 heteroatoms. The zero-order valence-electron chi connectivity index (χ0n) is 19.6. The van der Waals surface area contributed by atoms with Crippen molar-refractivity contribution < 1.29 is 0 Å². The Kier molecular flexibility index (Phi) is 5.28. The van der Waals surface area contributed by atoms with Crippen molar-refractivity contribution in [3.8, 4) is 0 Å². The van der Waals surface area contributed by atoms with E-state index in [0.717, 1.165) is 0 Å². The van der Waals surface area contributed by atoms with E-state index in [9.17, 15) is 0 Å². The number of rotatable bonds is 6. The Hall–Kier alpha value is 0. The molecular weight excluding hydrogens is 288 g/mol. The van der Waals surface area contributed by atoms with Crippen molar-refractivity contribution in [2.45, 2.75) is 110 Å². The molecule has 0 aromatic heterocycles. The van der Waals surface area contributed by atoms with E-state index >= 15 is 0 Å². The lowest BCUT2D eigenvalue weighted by Crippen LogP contribution is -2.79. The van der Waals surface area contributed by atoms with Crippen LogP contribution in [0.3, 0.4) is 0 Å². The molecule has 0 nitrogen and oxygen atoms in total. The van der Waals surface area contributed by atoms with Gasteiger partial charge in [0.15, 0.2) is 0 Å². The second kappa shape index (κ2) is 5.75. The average Bonchev–Trinajstić information content (AvgIpc) is 2.41. The summed E-state index contributed by atoms with van der Waals surface area (Å²) in [4.78, 5) is 0. The normalized spacial score (nSPS) is 37.0. The Morgan fingerprint density at radius 2 is 1.21 bits per heavy atom. The molecule has 0 aromatic carbocycles. The Bertz CT molecular complexity index is 464. The third-order valence-electron chi connectivity index (χ3n) is 10.5. The maximum Gasteiger partial charge on any atom is -0.0158 e. The van der Waals surface area contributed by atoms with E-state index in [1.54, 1.807) is 0 Å². The molecule has 0 aromatic rings. The molecule has 0 heterocycles. The molecule has 1 aliphatic carbocycles. The van der Waals surface area contributed by atoms with Crippen molar-refractivity contribution in [2.75, 3.05) is 0 Å². The first-order valence-electron chi connectivity index (χ1n) is 10.4. The van der Waals surface area contributed by atoms with E-state index in [1.165, 1.54) is 12.8 Å². The van der Waals surface area contributed by atoms with Gasteiger partial charge in [0.1, 0.15) is 0 Å². The van der Waals surface area contributed by atoms with Gasteiger partial charge in [0.25, 0.3) is 0 Å². The number of hydrogen-bond donors (Lipinski definition) is 0. The second-order valence-corrected chi connectivity index (χ2v) is 12.0. The van der Waals surface area contributed by atoms with E-state index in [2.05, 4.69) is 96.9 Å². The molecule has 1 aliphatic rings. The summed E-state index contributed by atoms with van der Waals surface area (Å²) in [6.45, 7) is 35.1. The van der Waals surface area contributed by atoms with Crippen molar-refractivity contribution >= 4 is 0 Å². The fourth-order valence-electron chi connectivity index (χ4n) is 7.55. The number of hydrogen-bond acceptors (Lipinski definition) is 0. The van der Waals surface area contributed by atoms with Crippen LogP contribution < -0.4 is 0 Å². The molecule has 24 heavy (non-hydrogen) atoms. The van der Waals surface area contributed by atoms with Crippen LogP contribution in [0.1, 0.15) is 110 Å². The van der Waals surface area contributed by atoms with E-state index < -0.39 is 0 Å². The minimum atomic E-state index is 0.309. The minimum Gasteiger partial charge on any atom is -0.0648 e. The van der Waals surface area contributed by atoms with Crippen LogP contribution in [0.2, 0.25) is 0 Å². The topological polar surface area (TPSA) is 0 Å². The first-order valence-corrected chi connectivity index (χ1v) is 10.4. The molecule has 1 fully saturated rings. The van der Waals surface area contributed by atoms with Crippen LogP contribution in [-0.4, -0.2) is 0 Å². The van der Waals surface area contributed by atoms with Gasteiger partial charge in [-0.15, -0.1) is 0 Å². The Morgan fingerprint density at radius 3 is 1.50 bits per heavy atom. The Labute approximate surface area is 154 Å². The third-order valence-corrected chi connectivity index (χ3v) is 10.5. The zero-order chi connectivity index (χ0) is 19.6. The SMILES string of the molecule is CCC1(C)C(C)(C(C)C)C(C)(C)C1(C)C(C)(C)CC(C)(C)C(C)C. The Morgan fingerprint density at radius 1 is 0.792 bits per heavy atom. The average molecular weight is 337 g/mol. The molecule has 3 unspecified atom stereocenters. The van der Waals surface area contributed by atoms with Gasteiger partial charge in [-0.2, -0.15) is 0 Å². The summed E-state index contributed by atoms with van der Waals surface area (Å²) in [6.07, 6.45) is 2.56. The van der Waals surface area contributed by atoms with Crippen molar-refractivity contribution in [1.29, 1.82) is 0 Å². The largest absolute Gasteiger partial charge is 0.0648 e. The first-order chi connectivity index (χ1) is 10.4. The van der Waals surface area contributed by atoms with Crippen LogP contribution in [0.15, 0.2) is 0 Å². The lowest BCUT2D eigenvalue weighted by Gasteiger charge is -2.84. The van der Waals surface area contributed by atoms with Crippen LogP contribution in [0, 0.1) is 44.3 Å². The predicted octanol–water partition coefficient (Wildman–Crippen LogP) is 8.21. The molecule has 3 atom stereocenters. The first kappa shape index (κ1) is 22.0. The summed E-state index contributed by atoms with van der Waals surface area (Å²) in [7, 11) is 0. The fraction of sp³-hybridized carbons (Fsp3) is 1.00. The molecule has 144 valence electrons. The molecule has 0 radical (unpaired) electrons. The quantitative estimate of drug-likeness (QED) is 0.458. The van der Waals surface area contributed by atoms with Crippen LogP contribution in [-0.2, 0) is 0 Å². The van der Waals surface area contributed by atoms with Gasteiger partial charge in [-0.25, -0.2) is 0 Å². The van der Waals surface area contributed by atoms with E-state index in [0.29, 0.717) is 44.3 Å². The lowest BCUT2D eigenvalue weighted by molar-refractivity contribution is -0.370. The van der Waals surface area contributed by atoms with Crippen LogP contribution >= 0.6 is 0 Å². The molecule has 0 saturated heterocycles. The summed E-state index contributed by atoms with van der Waals surface area (Å²) in [5.74, 6) is 1.42.